The molecule has 1 fully saturated rings. The molecule has 21 heavy (non-hydrogen) atoms. The van der Waals surface area contributed by atoms with Gasteiger partial charge in [0.15, 0.2) is 11.3 Å². The van der Waals surface area contributed by atoms with Crippen LogP contribution in [0.2, 0.25) is 0 Å². The van der Waals surface area contributed by atoms with E-state index in [1.54, 1.807) is 13.0 Å². The summed E-state index contributed by atoms with van der Waals surface area (Å²) >= 11 is 3.18. The quantitative estimate of drug-likeness (QED) is 0.594. The molecule has 0 saturated heterocycles. The normalized spacial score (nSPS) is 17.1. The van der Waals surface area contributed by atoms with E-state index in [9.17, 15) is 20.0 Å². The van der Waals surface area contributed by atoms with Crippen LogP contribution in [0.5, 0.6) is 5.75 Å². The maximum absolute atomic E-state index is 11.3. The average Bonchev–Trinajstić information content (AvgIpc) is 3.20. The number of hydrogen-bond donors (Lipinski definition) is 2. The van der Waals surface area contributed by atoms with E-state index >= 15 is 0 Å². The highest BCUT2D eigenvalue weighted by atomic mass is 79.9. The fraction of sp³-hybridized carbons (Fsp3) is 0.462. The van der Waals surface area contributed by atoms with Gasteiger partial charge < -0.3 is 15.6 Å². The third-order valence-electron chi connectivity index (χ3n) is 3.58. The molecule has 0 aliphatic heterocycles. The number of carboxylic acid groups (broad SMARTS) is 1. The summed E-state index contributed by atoms with van der Waals surface area (Å²) in [5.74, 6) is -1.24. The predicted molar refractivity (Wildman–Crippen MR) is 78.3 cm³/mol. The number of hydrogen-bond acceptors (Lipinski definition) is 5. The van der Waals surface area contributed by atoms with Crippen molar-refractivity contribution in [2.45, 2.75) is 25.3 Å². The molecule has 1 aliphatic rings. The second-order valence-electron chi connectivity index (χ2n) is 5.24. The second-order valence-corrected chi connectivity index (χ2v) is 6.15. The molecule has 0 amide bonds. The van der Waals surface area contributed by atoms with Crippen molar-refractivity contribution >= 4 is 27.6 Å². The molecule has 1 saturated carbocycles. The first-order valence-corrected chi connectivity index (χ1v) is 7.14. The van der Waals surface area contributed by atoms with Gasteiger partial charge in [-0.2, -0.15) is 0 Å². The summed E-state index contributed by atoms with van der Waals surface area (Å²) in [5, 5.41) is 20.4. The van der Waals surface area contributed by atoms with E-state index in [-0.39, 0.29) is 24.0 Å². The molecule has 1 unspecified atom stereocenters. The lowest BCUT2D eigenvalue weighted by Gasteiger charge is -2.24. The van der Waals surface area contributed by atoms with Crippen molar-refractivity contribution in [2.75, 3.05) is 6.61 Å². The van der Waals surface area contributed by atoms with Crippen molar-refractivity contribution in [1.29, 1.82) is 0 Å². The van der Waals surface area contributed by atoms with Crippen molar-refractivity contribution in [2.24, 2.45) is 11.7 Å². The van der Waals surface area contributed by atoms with E-state index in [1.807, 2.05) is 0 Å². The van der Waals surface area contributed by atoms with Gasteiger partial charge in [0.25, 0.3) is 0 Å². The van der Waals surface area contributed by atoms with Crippen LogP contribution in [0.25, 0.3) is 0 Å². The number of ether oxygens (including phenoxy) is 1. The Morgan fingerprint density at radius 1 is 1.62 bits per heavy atom. The largest absolute Gasteiger partial charge is 0.484 e. The lowest BCUT2D eigenvalue weighted by Crippen LogP contribution is -2.54. The first kappa shape index (κ1) is 15.7. The minimum Gasteiger partial charge on any atom is -0.484 e. The van der Waals surface area contributed by atoms with Crippen LogP contribution in [-0.2, 0) is 4.79 Å². The molecule has 0 bridgehead atoms. The van der Waals surface area contributed by atoms with Crippen LogP contribution in [0, 0.1) is 23.0 Å². The fourth-order valence-electron chi connectivity index (χ4n) is 2.18. The maximum atomic E-state index is 11.3. The maximum Gasteiger partial charge on any atom is 0.327 e. The van der Waals surface area contributed by atoms with Crippen LogP contribution in [-0.4, -0.2) is 28.1 Å². The first-order chi connectivity index (χ1) is 9.75. The molecule has 1 aromatic carbocycles. The Morgan fingerprint density at radius 2 is 2.24 bits per heavy atom. The van der Waals surface area contributed by atoms with Gasteiger partial charge in [-0.05, 0) is 37.3 Å². The fourth-order valence-corrected chi connectivity index (χ4v) is 2.74. The lowest BCUT2D eigenvalue weighted by molar-refractivity contribution is -0.386. The molecule has 8 heteroatoms. The third kappa shape index (κ3) is 3.16. The summed E-state index contributed by atoms with van der Waals surface area (Å²) in [6, 6.07) is 2.98. The highest BCUT2D eigenvalue weighted by Gasteiger charge is 2.49. The Morgan fingerprint density at radius 3 is 2.71 bits per heavy atom. The number of aryl methyl sites for hydroxylation is 1. The number of benzene rings is 1. The van der Waals surface area contributed by atoms with Crippen LogP contribution in [0.3, 0.4) is 0 Å². The highest BCUT2D eigenvalue weighted by Crippen LogP contribution is 2.40. The summed E-state index contributed by atoms with van der Waals surface area (Å²) in [5.41, 5.74) is 4.71. The Labute approximate surface area is 129 Å². The van der Waals surface area contributed by atoms with Gasteiger partial charge in [-0.15, -0.1) is 0 Å². The number of aliphatic carboxylic acids is 1. The summed E-state index contributed by atoms with van der Waals surface area (Å²) in [7, 11) is 0. The average molecular weight is 359 g/mol. The van der Waals surface area contributed by atoms with Crippen LogP contribution < -0.4 is 10.5 Å². The van der Waals surface area contributed by atoms with Crippen LogP contribution in [0.1, 0.15) is 18.4 Å². The van der Waals surface area contributed by atoms with Crippen molar-refractivity contribution in [3.05, 3.63) is 32.3 Å². The van der Waals surface area contributed by atoms with E-state index in [2.05, 4.69) is 15.9 Å². The monoisotopic (exact) mass is 358 g/mol. The Bertz CT molecular complexity index is 602. The molecular formula is C13H15BrN2O5. The number of nitrogens with two attached hydrogens (primary N) is 1. The van der Waals surface area contributed by atoms with E-state index in [4.69, 9.17) is 10.5 Å². The van der Waals surface area contributed by atoms with Crippen LogP contribution in [0.15, 0.2) is 16.6 Å². The van der Waals surface area contributed by atoms with Crippen molar-refractivity contribution < 1.29 is 19.6 Å². The molecule has 1 atom stereocenters. The highest BCUT2D eigenvalue weighted by molar-refractivity contribution is 9.10. The predicted octanol–water partition coefficient (Wildman–Crippen LogP) is 2.24. The minimum atomic E-state index is -1.51. The zero-order valence-electron chi connectivity index (χ0n) is 11.3. The van der Waals surface area contributed by atoms with Gasteiger partial charge in [0.2, 0.25) is 0 Å². The smallest absolute Gasteiger partial charge is 0.327 e. The van der Waals surface area contributed by atoms with Crippen LogP contribution >= 0.6 is 15.9 Å². The van der Waals surface area contributed by atoms with Gasteiger partial charge in [-0.25, -0.2) is 0 Å². The van der Waals surface area contributed by atoms with E-state index in [1.165, 1.54) is 6.07 Å². The number of halogens is 1. The molecule has 3 N–H and O–H groups in total. The van der Waals surface area contributed by atoms with Gasteiger partial charge >= 0.3 is 11.7 Å². The zero-order chi connectivity index (χ0) is 15.8. The molecule has 0 radical (unpaired) electrons. The molecule has 0 heterocycles. The molecule has 2 rings (SSSR count). The van der Waals surface area contributed by atoms with Gasteiger partial charge in [0.1, 0.15) is 6.61 Å². The molecule has 0 aromatic heterocycles. The Balaban J connectivity index is 2.27. The summed E-state index contributed by atoms with van der Waals surface area (Å²) in [4.78, 5) is 21.9. The first-order valence-electron chi connectivity index (χ1n) is 6.35. The number of nitrogens with zero attached hydrogens (tertiary/aromatic N) is 1. The minimum absolute atomic E-state index is 0.0555. The molecule has 0 spiro atoms. The molecule has 1 aromatic rings. The molecule has 1 aliphatic carbocycles. The lowest BCUT2D eigenvalue weighted by atomic mass is 9.96. The van der Waals surface area contributed by atoms with E-state index in [0.29, 0.717) is 10.0 Å². The molecule has 114 valence electrons. The summed E-state index contributed by atoms with van der Waals surface area (Å²) in [6.07, 6.45) is 1.46. The van der Waals surface area contributed by atoms with Gasteiger partial charge in [0, 0.05) is 10.5 Å². The number of nitro benzene ring substituents is 1. The van der Waals surface area contributed by atoms with E-state index in [0.717, 1.165) is 12.8 Å². The topological polar surface area (TPSA) is 116 Å². The van der Waals surface area contributed by atoms with Crippen molar-refractivity contribution in [3.8, 4) is 5.75 Å². The number of nitro groups is 1. The molecular weight excluding hydrogens is 344 g/mol. The Hall–Kier alpha value is -1.67. The van der Waals surface area contributed by atoms with Crippen molar-refractivity contribution in [1.82, 2.24) is 0 Å². The van der Waals surface area contributed by atoms with Gasteiger partial charge in [-0.3, -0.25) is 14.9 Å². The Kier molecular flexibility index (Phi) is 4.20. The van der Waals surface area contributed by atoms with Crippen molar-refractivity contribution in [3.63, 3.8) is 0 Å². The summed E-state index contributed by atoms with van der Waals surface area (Å²) < 4.78 is 6.00. The number of carbonyl (C=O) groups is 1. The molecule has 7 nitrogen and oxygen atoms in total. The number of carboxylic acids is 1. The summed E-state index contributed by atoms with van der Waals surface area (Å²) in [6.45, 7) is 1.36. The third-order valence-corrected chi connectivity index (χ3v) is 4.03. The SMILES string of the molecule is Cc1cc(Br)cc([N+](=O)[O-])c1OCC(N)(C(=O)O)C1CC1. The van der Waals surface area contributed by atoms with E-state index < -0.39 is 16.4 Å². The van der Waals surface area contributed by atoms with Gasteiger partial charge in [-0.1, -0.05) is 15.9 Å². The van der Waals surface area contributed by atoms with Crippen LogP contribution in [0.4, 0.5) is 5.69 Å². The van der Waals surface area contributed by atoms with Gasteiger partial charge in [0.05, 0.1) is 4.92 Å². The second kappa shape index (κ2) is 5.61. The zero-order valence-corrected chi connectivity index (χ0v) is 12.9. The standard InChI is InChI=1S/C13H15BrN2O5/c1-7-4-9(14)5-10(16(19)20)11(7)21-6-13(15,12(17)18)8-2-3-8/h4-5,8H,2-3,6,15H2,1H3,(H,17,18). The number of rotatable bonds is 6.